The summed E-state index contributed by atoms with van der Waals surface area (Å²) in [5.41, 5.74) is 0.624. The van der Waals surface area contributed by atoms with Gasteiger partial charge >= 0.3 is 0 Å². The first-order valence-corrected chi connectivity index (χ1v) is 7.72. The van der Waals surface area contributed by atoms with Crippen LogP contribution in [0.3, 0.4) is 0 Å². The molecule has 1 aromatic heterocycles. The monoisotopic (exact) mass is 309 g/mol. The number of anilines is 1. The lowest BCUT2D eigenvalue weighted by molar-refractivity contribution is 0.200. The molecule has 1 saturated heterocycles. The first kappa shape index (κ1) is 15.3. The summed E-state index contributed by atoms with van der Waals surface area (Å²) in [6.45, 7) is 5.29. The fourth-order valence-corrected chi connectivity index (χ4v) is 2.57. The second-order valence-electron chi connectivity index (χ2n) is 5.37. The van der Waals surface area contributed by atoms with Gasteiger partial charge < -0.3 is 9.64 Å². The number of benzene rings is 1. The van der Waals surface area contributed by atoms with Gasteiger partial charge in [0.1, 0.15) is 12.4 Å². The number of nitrogens with zero attached hydrogens (tertiary/aromatic N) is 5. The largest absolute Gasteiger partial charge is 0.492 e. The van der Waals surface area contributed by atoms with Gasteiger partial charge in [0.2, 0.25) is 5.95 Å². The van der Waals surface area contributed by atoms with Gasteiger partial charge in [0.25, 0.3) is 0 Å². The van der Waals surface area contributed by atoms with Crippen LogP contribution in [0.25, 0.3) is 0 Å². The normalized spacial score (nSPS) is 15.2. The number of piperazine rings is 1. The highest BCUT2D eigenvalue weighted by molar-refractivity contribution is 5.36. The lowest BCUT2D eigenvalue weighted by Crippen LogP contribution is -2.48. The van der Waals surface area contributed by atoms with Crippen molar-refractivity contribution in [2.24, 2.45) is 0 Å². The van der Waals surface area contributed by atoms with Crippen LogP contribution in [0, 0.1) is 11.3 Å². The minimum atomic E-state index is 0.622. The Bertz CT molecular complexity index is 662. The third-order valence-electron chi connectivity index (χ3n) is 3.85. The zero-order valence-electron chi connectivity index (χ0n) is 12.9. The molecule has 1 fully saturated rings. The molecule has 6 nitrogen and oxygen atoms in total. The molecule has 3 rings (SSSR count). The minimum absolute atomic E-state index is 0.622. The van der Waals surface area contributed by atoms with Gasteiger partial charge in [-0.2, -0.15) is 5.26 Å². The SMILES string of the molecule is N#Cc1cccc(OCCN2CCN(c3ncccn3)CC2)c1. The van der Waals surface area contributed by atoms with E-state index in [0.29, 0.717) is 12.2 Å². The first-order valence-electron chi connectivity index (χ1n) is 7.72. The molecule has 1 aromatic carbocycles. The molecule has 0 N–H and O–H groups in total. The van der Waals surface area contributed by atoms with Crippen LogP contribution in [0.4, 0.5) is 5.95 Å². The summed E-state index contributed by atoms with van der Waals surface area (Å²) in [5.74, 6) is 1.55. The maximum atomic E-state index is 8.88. The summed E-state index contributed by atoms with van der Waals surface area (Å²) in [6, 6.07) is 11.2. The van der Waals surface area contributed by atoms with Gasteiger partial charge in [0.05, 0.1) is 11.6 Å². The van der Waals surface area contributed by atoms with E-state index in [4.69, 9.17) is 10.00 Å². The summed E-state index contributed by atoms with van der Waals surface area (Å²) >= 11 is 0. The van der Waals surface area contributed by atoms with E-state index in [-0.39, 0.29) is 0 Å². The fourth-order valence-electron chi connectivity index (χ4n) is 2.57. The quantitative estimate of drug-likeness (QED) is 0.835. The van der Waals surface area contributed by atoms with E-state index in [2.05, 4.69) is 25.8 Å². The second-order valence-corrected chi connectivity index (χ2v) is 5.37. The molecule has 0 bridgehead atoms. The Labute approximate surface area is 136 Å². The molecule has 0 radical (unpaired) electrons. The van der Waals surface area contributed by atoms with Crippen LogP contribution in [0.1, 0.15) is 5.56 Å². The first-order chi connectivity index (χ1) is 11.3. The fraction of sp³-hybridized carbons (Fsp3) is 0.353. The Kier molecular flexibility index (Phi) is 5.02. The van der Waals surface area contributed by atoms with Crippen molar-refractivity contribution in [3.8, 4) is 11.8 Å². The zero-order valence-corrected chi connectivity index (χ0v) is 12.9. The highest BCUT2D eigenvalue weighted by atomic mass is 16.5. The Balaban J connectivity index is 1.42. The number of aromatic nitrogens is 2. The lowest BCUT2D eigenvalue weighted by Gasteiger charge is -2.34. The number of hydrogen-bond donors (Lipinski definition) is 0. The van der Waals surface area contributed by atoms with Crippen LogP contribution in [0.5, 0.6) is 5.75 Å². The highest BCUT2D eigenvalue weighted by Crippen LogP contribution is 2.13. The maximum Gasteiger partial charge on any atom is 0.225 e. The molecular weight excluding hydrogens is 290 g/mol. The van der Waals surface area contributed by atoms with E-state index in [0.717, 1.165) is 44.4 Å². The molecule has 2 heterocycles. The molecule has 1 aliphatic rings. The number of hydrogen-bond acceptors (Lipinski definition) is 6. The molecule has 23 heavy (non-hydrogen) atoms. The van der Waals surface area contributed by atoms with E-state index in [1.165, 1.54) is 0 Å². The van der Waals surface area contributed by atoms with Gasteiger partial charge in [-0.05, 0) is 24.3 Å². The standard InChI is InChI=1S/C17H19N5O/c18-14-15-3-1-4-16(13-15)23-12-11-21-7-9-22(10-8-21)17-19-5-2-6-20-17/h1-6,13H,7-12H2. The summed E-state index contributed by atoms with van der Waals surface area (Å²) in [7, 11) is 0. The smallest absolute Gasteiger partial charge is 0.225 e. The van der Waals surface area contributed by atoms with Gasteiger partial charge in [-0.25, -0.2) is 9.97 Å². The molecule has 0 aliphatic carbocycles. The van der Waals surface area contributed by atoms with Crippen molar-refractivity contribution in [1.82, 2.24) is 14.9 Å². The summed E-state index contributed by atoms with van der Waals surface area (Å²) < 4.78 is 5.73. The van der Waals surface area contributed by atoms with Gasteiger partial charge in [-0.15, -0.1) is 0 Å². The Hall–Kier alpha value is -2.65. The molecule has 0 amide bonds. The van der Waals surface area contributed by atoms with Crippen LogP contribution in [-0.4, -0.2) is 54.2 Å². The topological polar surface area (TPSA) is 65.3 Å². The van der Waals surface area contributed by atoms with Crippen LogP contribution >= 0.6 is 0 Å². The molecule has 118 valence electrons. The molecule has 2 aromatic rings. The van der Waals surface area contributed by atoms with Crippen molar-refractivity contribution < 1.29 is 4.74 Å². The van der Waals surface area contributed by atoms with E-state index >= 15 is 0 Å². The van der Waals surface area contributed by atoms with Crippen molar-refractivity contribution in [2.45, 2.75) is 0 Å². The van der Waals surface area contributed by atoms with Crippen molar-refractivity contribution in [3.63, 3.8) is 0 Å². The third-order valence-corrected chi connectivity index (χ3v) is 3.85. The van der Waals surface area contributed by atoms with Crippen molar-refractivity contribution in [3.05, 3.63) is 48.3 Å². The predicted molar refractivity (Wildman–Crippen MR) is 87.3 cm³/mol. The molecule has 0 spiro atoms. The number of nitriles is 1. The molecular formula is C17H19N5O. The average molecular weight is 309 g/mol. The molecule has 1 aliphatic heterocycles. The van der Waals surface area contributed by atoms with Gasteiger partial charge in [0.15, 0.2) is 0 Å². The van der Waals surface area contributed by atoms with Crippen LogP contribution in [-0.2, 0) is 0 Å². The molecule has 0 unspecified atom stereocenters. The van der Waals surface area contributed by atoms with E-state index in [1.54, 1.807) is 24.5 Å². The van der Waals surface area contributed by atoms with Crippen molar-refractivity contribution >= 4 is 5.95 Å². The molecule has 0 atom stereocenters. The molecule has 0 saturated carbocycles. The number of rotatable bonds is 5. The summed E-state index contributed by atoms with van der Waals surface area (Å²) in [6.07, 6.45) is 3.55. The Morgan fingerprint density at radius 1 is 1.09 bits per heavy atom. The van der Waals surface area contributed by atoms with Gasteiger partial charge in [0, 0.05) is 45.1 Å². The summed E-state index contributed by atoms with van der Waals surface area (Å²) in [4.78, 5) is 13.2. The van der Waals surface area contributed by atoms with Crippen LogP contribution in [0.2, 0.25) is 0 Å². The molecule has 6 heteroatoms. The minimum Gasteiger partial charge on any atom is -0.492 e. The van der Waals surface area contributed by atoms with Gasteiger partial charge in [-0.1, -0.05) is 6.07 Å². The highest BCUT2D eigenvalue weighted by Gasteiger charge is 2.18. The van der Waals surface area contributed by atoms with E-state index < -0.39 is 0 Å². The van der Waals surface area contributed by atoms with E-state index in [9.17, 15) is 0 Å². The lowest BCUT2D eigenvalue weighted by atomic mass is 10.2. The second kappa shape index (κ2) is 7.56. The Morgan fingerprint density at radius 3 is 2.61 bits per heavy atom. The van der Waals surface area contributed by atoms with Crippen LogP contribution in [0.15, 0.2) is 42.7 Å². The Morgan fingerprint density at radius 2 is 1.87 bits per heavy atom. The average Bonchev–Trinajstić information content (AvgIpc) is 2.63. The maximum absolute atomic E-state index is 8.88. The van der Waals surface area contributed by atoms with Crippen molar-refractivity contribution in [2.75, 3.05) is 44.2 Å². The third kappa shape index (κ3) is 4.18. The zero-order chi connectivity index (χ0) is 15.9. The predicted octanol–water partition coefficient (Wildman–Crippen LogP) is 1.55. The van der Waals surface area contributed by atoms with Gasteiger partial charge in [-0.3, -0.25) is 4.90 Å². The summed E-state index contributed by atoms with van der Waals surface area (Å²) in [5, 5.41) is 8.88. The number of ether oxygens (including phenoxy) is 1. The van der Waals surface area contributed by atoms with Crippen molar-refractivity contribution in [1.29, 1.82) is 5.26 Å². The van der Waals surface area contributed by atoms with E-state index in [1.807, 2.05) is 18.2 Å². The van der Waals surface area contributed by atoms with Crippen LogP contribution < -0.4 is 9.64 Å².